The summed E-state index contributed by atoms with van der Waals surface area (Å²) in [4.78, 5) is 18.4. The molecule has 132 valence electrons. The number of rotatable bonds is 4. The topological polar surface area (TPSA) is 54.4 Å². The largest absolute Gasteiger partial charge is 0.272 e. The second-order valence-corrected chi connectivity index (χ2v) is 8.27. The minimum absolute atomic E-state index is 0.266. The van der Waals surface area contributed by atoms with Crippen molar-refractivity contribution in [1.29, 1.82) is 0 Å². The molecule has 0 aliphatic heterocycles. The van der Waals surface area contributed by atoms with Gasteiger partial charge in [-0.25, -0.2) is 10.4 Å². The van der Waals surface area contributed by atoms with Crippen molar-refractivity contribution in [2.24, 2.45) is 5.10 Å². The van der Waals surface area contributed by atoms with Crippen LogP contribution in [0.4, 0.5) is 0 Å². The highest BCUT2D eigenvalue weighted by Gasteiger charge is 2.13. The summed E-state index contributed by atoms with van der Waals surface area (Å²) in [7, 11) is 0. The number of carbonyl (C=O) groups excluding carboxylic acids is 1. The van der Waals surface area contributed by atoms with Gasteiger partial charge in [-0.2, -0.15) is 5.10 Å². The third kappa shape index (κ3) is 3.97. The van der Waals surface area contributed by atoms with Gasteiger partial charge in [-0.3, -0.25) is 4.79 Å². The van der Waals surface area contributed by atoms with Gasteiger partial charge in [0.15, 0.2) is 0 Å². The lowest BCUT2D eigenvalue weighted by Gasteiger charge is -2.09. The molecule has 0 aliphatic carbocycles. The molecule has 2 heterocycles. The summed E-state index contributed by atoms with van der Waals surface area (Å²) in [6.45, 7) is 0. The highest BCUT2D eigenvalue weighted by molar-refractivity contribution is 9.11. The molecule has 0 saturated carbocycles. The normalized spacial score (nSPS) is 11.1. The molecule has 2 aromatic carbocycles. The molecule has 2 aromatic heterocycles. The summed E-state index contributed by atoms with van der Waals surface area (Å²) in [5.41, 5.74) is 5.66. The van der Waals surface area contributed by atoms with Crippen molar-refractivity contribution >= 4 is 50.3 Å². The fraction of sp³-hybridized carbons (Fsp3) is 0. The lowest BCUT2D eigenvalue weighted by molar-refractivity contribution is 0.0957. The first-order chi connectivity index (χ1) is 13.2. The second-order valence-electron chi connectivity index (χ2n) is 5.78. The van der Waals surface area contributed by atoms with Gasteiger partial charge >= 0.3 is 0 Å². The van der Waals surface area contributed by atoms with Gasteiger partial charge in [0.2, 0.25) is 0 Å². The number of nitrogens with one attached hydrogen (secondary N) is 1. The number of thiophene rings is 1. The number of pyridine rings is 1. The monoisotopic (exact) mass is 435 g/mol. The number of hydrogen-bond donors (Lipinski definition) is 1. The van der Waals surface area contributed by atoms with Crippen LogP contribution >= 0.6 is 27.3 Å². The van der Waals surface area contributed by atoms with E-state index in [1.54, 1.807) is 17.6 Å². The van der Waals surface area contributed by atoms with E-state index in [0.717, 1.165) is 30.8 Å². The maximum absolute atomic E-state index is 12.8. The minimum atomic E-state index is -0.266. The van der Waals surface area contributed by atoms with Crippen LogP contribution in [0.25, 0.3) is 22.2 Å². The van der Waals surface area contributed by atoms with Crippen LogP contribution in [0.5, 0.6) is 0 Å². The number of aromatic nitrogens is 1. The molecule has 0 bridgehead atoms. The van der Waals surface area contributed by atoms with Crippen LogP contribution < -0.4 is 5.43 Å². The van der Waals surface area contributed by atoms with Gasteiger partial charge < -0.3 is 0 Å². The Labute approximate surface area is 168 Å². The van der Waals surface area contributed by atoms with E-state index < -0.39 is 0 Å². The predicted molar refractivity (Wildman–Crippen MR) is 114 cm³/mol. The molecule has 1 amide bonds. The maximum Gasteiger partial charge on any atom is 0.272 e. The third-order valence-electron chi connectivity index (χ3n) is 3.98. The first-order valence-electron chi connectivity index (χ1n) is 8.25. The number of hydrogen-bond acceptors (Lipinski definition) is 4. The van der Waals surface area contributed by atoms with Crippen LogP contribution in [0.1, 0.15) is 15.2 Å². The second kappa shape index (κ2) is 7.82. The molecular weight excluding hydrogens is 422 g/mol. The summed E-state index contributed by atoms with van der Waals surface area (Å²) in [5, 5.41) is 4.88. The van der Waals surface area contributed by atoms with Crippen molar-refractivity contribution in [1.82, 2.24) is 10.4 Å². The van der Waals surface area contributed by atoms with Gasteiger partial charge in [-0.15, -0.1) is 11.3 Å². The molecule has 4 aromatic rings. The highest BCUT2D eigenvalue weighted by atomic mass is 79.9. The zero-order valence-electron chi connectivity index (χ0n) is 14.1. The highest BCUT2D eigenvalue weighted by Crippen LogP contribution is 2.25. The predicted octanol–water partition coefficient (Wildman–Crippen LogP) is 5.49. The smallest absolute Gasteiger partial charge is 0.267 e. The van der Waals surface area contributed by atoms with Crippen LogP contribution in [0, 0.1) is 0 Å². The molecule has 6 heteroatoms. The third-order valence-corrected chi connectivity index (χ3v) is 5.54. The number of amides is 1. The Bertz CT molecular complexity index is 1140. The van der Waals surface area contributed by atoms with Gasteiger partial charge in [-0.05, 0) is 40.2 Å². The van der Waals surface area contributed by atoms with Crippen molar-refractivity contribution in [3.8, 4) is 11.3 Å². The molecule has 0 spiro atoms. The quantitative estimate of drug-likeness (QED) is 0.340. The van der Waals surface area contributed by atoms with Gasteiger partial charge in [0.25, 0.3) is 5.91 Å². The van der Waals surface area contributed by atoms with E-state index in [-0.39, 0.29) is 5.91 Å². The standard InChI is InChI=1S/C21H14BrN3OS/c22-20-11-10-15(27-20)13-23-25-21(26)17-12-19(14-6-2-1-3-7-14)24-18-9-5-4-8-16(17)18/h1-13H,(H,25,26). The summed E-state index contributed by atoms with van der Waals surface area (Å²) in [5.74, 6) is -0.266. The summed E-state index contributed by atoms with van der Waals surface area (Å²) < 4.78 is 1.02. The van der Waals surface area contributed by atoms with Crippen molar-refractivity contribution in [3.63, 3.8) is 0 Å². The Morgan fingerprint density at radius 3 is 2.59 bits per heavy atom. The Hall–Kier alpha value is -2.83. The Balaban J connectivity index is 1.69. The van der Waals surface area contributed by atoms with E-state index in [0.29, 0.717) is 5.56 Å². The van der Waals surface area contributed by atoms with E-state index in [4.69, 9.17) is 4.98 Å². The number of nitrogens with zero attached hydrogens (tertiary/aromatic N) is 2. The van der Waals surface area contributed by atoms with E-state index in [1.165, 1.54) is 0 Å². The molecule has 0 unspecified atom stereocenters. The van der Waals surface area contributed by atoms with Gasteiger partial charge in [0, 0.05) is 15.8 Å². The average Bonchev–Trinajstić information content (AvgIpc) is 3.12. The van der Waals surface area contributed by atoms with Crippen molar-refractivity contribution in [3.05, 3.63) is 87.0 Å². The molecule has 0 atom stereocenters. The molecule has 0 saturated heterocycles. The van der Waals surface area contributed by atoms with E-state index in [9.17, 15) is 4.79 Å². The van der Waals surface area contributed by atoms with Crippen LogP contribution in [-0.4, -0.2) is 17.1 Å². The van der Waals surface area contributed by atoms with Crippen LogP contribution in [-0.2, 0) is 0 Å². The van der Waals surface area contributed by atoms with Crippen LogP contribution in [0.3, 0.4) is 0 Å². The number of benzene rings is 2. The number of hydrazone groups is 1. The minimum Gasteiger partial charge on any atom is -0.267 e. The Morgan fingerprint density at radius 2 is 1.81 bits per heavy atom. The SMILES string of the molecule is O=C(NN=Cc1ccc(Br)s1)c1cc(-c2ccccc2)nc2ccccc12. The van der Waals surface area contributed by atoms with Crippen molar-refractivity contribution in [2.45, 2.75) is 0 Å². The summed E-state index contributed by atoms with van der Waals surface area (Å²) in [6, 6.07) is 23.1. The molecule has 27 heavy (non-hydrogen) atoms. The molecule has 0 fully saturated rings. The van der Waals surface area contributed by atoms with E-state index >= 15 is 0 Å². The number of carbonyl (C=O) groups is 1. The maximum atomic E-state index is 12.8. The van der Waals surface area contributed by atoms with Gasteiger partial charge in [-0.1, -0.05) is 48.5 Å². The van der Waals surface area contributed by atoms with Gasteiger partial charge in [0.05, 0.1) is 26.8 Å². The number of para-hydroxylation sites is 1. The van der Waals surface area contributed by atoms with Crippen molar-refractivity contribution < 1.29 is 4.79 Å². The molecule has 1 N–H and O–H groups in total. The van der Waals surface area contributed by atoms with Crippen molar-refractivity contribution in [2.75, 3.05) is 0 Å². The molecule has 4 nitrogen and oxygen atoms in total. The first-order valence-corrected chi connectivity index (χ1v) is 9.85. The fourth-order valence-corrected chi connectivity index (χ4v) is 4.03. The molecule has 0 aliphatic rings. The lowest BCUT2D eigenvalue weighted by Crippen LogP contribution is -2.18. The Kier molecular flexibility index (Phi) is 5.09. The molecule has 0 radical (unpaired) electrons. The zero-order valence-corrected chi connectivity index (χ0v) is 16.5. The first kappa shape index (κ1) is 17.6. The van der Waals surface area contributed by atoms with Crippen LogP contribution in [0.15, 0.2) is 81.7 Å². The summed E-state index contributed by atoms with van der Waals surface area (Å²) >= 11 is 4.95. The molecule has 4 rings (SSSR count). The van der Waals surface area contributed by atoms with E-state index in [1.807, 2.05) is 72.8 Å². The average molecular weight is 436 g/mol. The summed E-state index contributed by atoms with van der Waals surface area (Å²) in [6.07, 6.45) is 1.63. The number of fused-ring (bicyclic) bond motifs is 1. The number of halogens is 1. The fourth-order valence-electron chi connectivity index (χ4n) is 2.73. The van der Waals surface area contributed by atoms with E-state index in [2.05, 4.69) is 26.5 Å². The molecular formula is C21H14BrN3OS. The van der Waals surface area contributed by atoms with Gasteiger partial charge in [0.1, 0.15) is 0 Å². The van der Waals surface area contributed by atoms with Crippen LogP contribution in [0.2, 0.25) is 0 Å². The Morgan fingerprint density at radius 1 is 1.04 bits per heavy atom. The zero-order chi connectivity index (χ0) is 18.6. The lowest BCUT2D eigenvalue weighted by atomic mass is 10.0.